The fourth-order valence-corrected chi connectivity index (χ4v) is 4.69. The van der Waals surface area contributed by atoms with Gasteiger partial charge >= 0.3 is 5.97 Å². The van der Waals surface area contributed by atoms with E-state index in [9.17, 15) is 19.3 Å². The quantitative estimate of drug-likeness (QED) is 0.176. The molecule has 0 spiro atoms. The third-order valence-electron chi connectivity index (χ3n) is 6.84. The van der Waals surface area contributed by atoms with E-state index in [1.54, 1.807) is 12.1 Å². The molecule has 2 heterocycles. The molecule has 10 heteroatoms. The summed E-state index contributed by atoms with van der Waals surface area (Å²) in [5, 5.41) is 14.0. The minimum absolute atomic E-state index is 0.0535. The number of ether oxygens (including phenoxy) is 1. The number of fused-ring (bicyclic) bond motifs is 1. The maximum Gasteiger partial charge on any atom is 0.338 e. The average Bonchev–Trinajstić information content (AvgIpc) is 2.95. The first kappa shape index (κ1) is 25.8. The highest BCUT2D eigenvalue weighted by atomic mass is 19.1. The average molecular weight is 528 g/mol. The van der Waals surface area contributed by atoms with E-state index < -0.39 is 10.9 Å². The topological polar surface area (TPSA) is 110 Å². The summed E-state index contributed by atoms with van der Waals surface area (Å²) in [7, 11) is 0. The van der Waals surface area contributed by atoms with Crippen LogP contribution in [0.3, 0.4) is 0 Å². The fourth-order valence-electron chi connectivity index (χ4n) is 4.69. The molecule has 0 fully saturated rings. The third kappa shape index (κ3) is 5.54. The van der Waals surface area contributed by atoms with Gasteiger partial charge in [0.05, 0.1) is 22.2 Å². The fraction of sp³-hybridized carbons (Fsp3) is 0.207. The Hall–Kier alpha value is -4.86. The van der Waals surface area contributed by atoms with E-state index in [-0.39, 0.29) is 35.7 Å². The van der Waals surface area contributed by atoms with Crippen molar-refractivity contribution in [1.82, 2.24) is 9.97 Å². The molecule has 0 saturated carbocycles. The molecule has 0 aliphatic carbocycles. The van der Waals surface area contributed by atoms with E-state index in [4.69, 9.17) is 9.72 Å². The van der Waals surface area contributed by atoms with Crippen molar-refractivity contribution in [3.63, 3.8) is 0 Å². The van der Waals surface area contributed by atoms with Gasteiger partial charge in [-0.15, -0.1) is 0 Å². The lowest BCUT2D eigenvalue weighted by atomic mass is 9.93. The van der Waals surface area contributed by atoms with Crippen molar-refractivity contribution in [3.05, 3.63) is 117 Å². The minimum atomic E-state index is -0.627. The Bertz CT molecular complexity index is 1530. The summed E-state index contributed by atoms with van der Waals surface area (Å²) in [6, 6.07) is 19.5. The smallest absolute Gasteiger partial charge is 0.338 e. The minimum Gasteiger partial charge on any atom is -0.456 e. The highest BCUT2D eigenvalue weighted by Gasteiger charge is 2.27. The molecule has 1 aliphatic rings. The van der Waals surface area contributed by atoms with Crippen LogP contribution in [-0.4, -0.2) is 27.4 Å². The number of carbonyl (C=O) groups is 1. The van der Waals surface area contributed by atoms with E-state index in [1.807, 2.05) is 19.1 Å². The highest BCUT2D eigenvalue weighted by molar-refractivity contribution is 5.89. The van der Waals surface area contributed by atoms with Crippen LogP contribution < -0.4 is 10.2 Å². The number of hydrogen-bond acceptors (Lipinski definition) is 8. The molecular formula is C29H26FN5O4. The zero-order valence-corrected chi connectivity index (χ0v) is 21.4. The molecule has 9 nitrogen and oxygen atoms in total. The first-order valence-electron chi connectivity index (χ1n) is 12.5. The summed E-state index contributed by atoms with van der Waals surface area (Å²) >= 11 is 0. The second kappa shape index (κ2) is 10.9. The SMILES string of the molecule is Cc1c(COC(=O)c2ccc([N+](=O)[O-])cc2)nc(Nc2ccc(F)cc2)nc1N1CCc2ccccc2C1C. The van der Waals surface area contributed by atoms with Gasteiger partial charge in [-0.05, 0) is 67.8 Å². The molecule has 0 amide bonds. The van der Waals surface area contributed by atoms with E-state index in [1.165, 1.54) is 47.5 Å². The van der Waals surface area contributed by atoms with Crippen molar-refractivity contribution < 1.29 is 18.8 Å². The maximum absolute atomic E-state index is 13.4. The summed E-state index contributed by atoms with van der Waals surface area (Å²) in [6.07, 6.45) is 0.856. The predicted octanol–water partition coefficient (Wildman–Crippen LogP) is 6.06. The summed E-state index contributed by atoms with van der Waals surface area (Å²) in [6.45, 7) is 4.63. The first-order valence-corrected chi connectivity index (χ1v) is 12.5. The van der Waals surface area contributed by atoms with Gasteiger partial charge in [-0.1, -0.05) is 24.3 Å². The zero-order chi connectivity index (χ0) is 27.5. The number of aromatic nitrogens is 2. The molecule has 3 aromatic carbocycles. The lowest BCUT2D eigenvalue weighted by Gasteiger charge is -2.37. The molecule has 0 radical (unpaired) electrons. The van der Waals surface area contributed by atoms with Crippen LogP contribution in [0.4, 0.5) is 27.5 Å². The van der Waals surface area contributed by atoms with Crippen molar-refractivity contribution in [3.8, 4) is 0 Å². The maximum atomic E-state index is 13.4. The monoisotopic (exact) mass is 527 g/mol. The van der Waals surface area contributed by atoms with Crippen molar-refractivity contribution in [1.29, 1.82) is 0 Å². The van der Waals surface area contributed by atoms with Gasteiger partial charge in [0.2, 0.25) is 5.95 Å². The number of hydrogen-bond donors (Lipinski definition) is 1. The second-order valence-corrected chi connectivity index (χ2v) is 9.27. The summed E-state index contributed by atoms with van der Waals surface area (Å²) < 4.78 is 19.0. The number of nitro benzene ring substituents is 1. The van der Waals surface area contributed by atoms with Gasteiger partial charge in [-0.3, -0.25) is 10.1 Å². The summed E-state index contributed by atoms with van der Waals surface area (Å²) in [5.41, 5.74) is 4.48. The number of esters is 1. The summed E-state index contributed by atoms with van der Waals surface area (Å²) in [5.74, 6) is 0.0103. The molecule has 4 aromatic rings. The van der Waals surface area contributed by atoms with Gasteiger partial charge in [0.1, 0.15) is 18.2 Å². The molecule has 0 saturated heterocycles. The molecule has 1 N–H and O–H groups in total. The van der Waals surface area contributed by atoms with Crippen molar-refractivity contribution in [2.75, 3.05) is 16.8 Å². The van der Waals surface area contributed by atoms with E-state index in [2.05, 4.69) is 34.3 Å². The molecule has 1 aromatic heterocycles. The van der Waals surface area contributed by atoms with Crippen LogP contribution in [0.1, 0.15) is 45.7 Å². The molecule has 5 rings (SSSR count). The Morgan fingerprint density at radius 3 is 2.54 bits per heavy atom. The van der Waals surface area contributed by atoms with Gasteiger partial charge in [0.15, 0.2) is 0 Å². The second-order valence-electron chi connectivity index (χ2n) is 9.27. The largest absolute Gasteiger partial charge is 0.456 e. The number of carbonyl (C=O) groups excluding carboxylic acids is 1. The molecular weight excluding hydrogens is 501 g/mol. The van der Waals surface area contributed by atoms with Crippen molar-refractivity contribution in [2.24, 2.45) is 0 Å². The van der Waals surface area contributed by atoms with Gasteiger partial charge < -0.3 is 15.0 Å². The Morgan fingerprint density at radius 1 is 1.10 bits per heavy atom. The number of halogens is 1. The number of non-ortho nitro benzene ring substituents is 1. The Balaban J connectivity index is 1.45. The van der Waals surface area contributed by atoms with Crippen molar-refractivity contribution in [2.45, 2.75) is 32.9 Å². The summed E-state index contributed by atoms with van der Waals surface area (Å²) in [4.78, 5) is 34.7. The lowest BCUT2D eigenvalue weighted by Crippen LogP contribution is -2.35. The zero-order valence-electron chi connectivity index (χ0n) is 21.4. The normalized spacial score (nSPS) is 14.4. The van der Waals surface area contributed by atoms with Gasteiger partial charge in [0, 0.05) is 29.9 Å². The number of nitrogens with one attached hydrogen (secondary N) is 1. The third-order valence-corrected chi connectivity index (χ3v) is 6.84. The van der Waals surface area contributed by atoms with Crippen LogP contribution in [0.15, 0.2) is 72.8 Å². The van der Waals surface area contributed by atoms with E-state index >= 15 is 0 Å². The number of benzene rings is 3. The number of nitro groups is 1. The Kier molecular flexibility index (Phi) is 7.18. The van der Waals surface area contributed by atoms with Crippen LogP contribution >= 0.6 is 0 Å². The number of nitrogens with zero attached hydrogens (tertiary/aromatic N) is 4. The van der Waals surface area contributed by atoms with Crippen LogP contribution in [0, 0.1) is 22.9 Å². The van der Waals surface area contributed by atoms with Gasteiger partial charge in [-0.25, -0.2) is 14.2 Å². The molecule has 39 heavy (non-hydrogen) atoms. The standard InChI is InChI=1S/C29H26FN5O4/c1-18-26(17-39-28(36)21-7-13-24(14-8-21)35(37)38)32-29(31-23-11-9-22(30)10-12-23)33-27(18)34-16-15-20-5-3-4-6-25(20)19(34)2/h3-14,19H,15-17H2,1-2H3,(H,31,32,33). The Labute approximate surface area is 224 Å². The highest BCUT2D eigenvalue weighted by Crippen LogP contribution is 2.35. The first-order chi connectivity index (χ1) is 18.8. The van der Waals surface area contributed by atoms with Crippen molar-refractivity contribution >= 4 is 29.1 Å². The van der Waals surface area contributed by atoms with Crippen LogP contribution in [-0.2, 0) is 17.8 Å². The number of anilines is 3. The van der Waals surface area contributed by atoms with Gasteiger partial charge in [-0.2, -0.15) is 4.98 Å². The molecule has 198 valence electrons. The van der Waals surface area contributed by atoms with Crippen LogP contribution in [0.2, 0.25) is 0 Å². The Morgan fingerprint density at radius 2 is 1.82 bits per heavy atom. The molecule has 1 unspecified atom stereocenters. The molecule has 0 bridgehead atoms. The predicted molar refractivity (Wildman–Crippen MR) is 145 cm³/mol. The molecule has 1 atom stereocenters. The van der Waals surface area contributed by atoms with Crippen LogP contribution in [0.25, 0.3) is 0 Å². The van der Waals surface area contributed by atoms with Crippen LogP contribution in [0.5, 0.6) is 0 Å². The van der Waals surface area contributed by atoms with E-state index in [0.29, 0.717) is 17.2 Å². The number of rotatable bonds is 7. The van der Waals surface area contributed by atoms with Gasteiger partial charge in [0.25, 0.3) is 5.69 Å². The molecule has 1 aliphatic heterocycles. The lowest BCUT2D eigenvalue weighted by molar-refractivity contribution is -0.384. The van der Waals surface area contributed by atoms with E-state index in [0.717, 1.165) is 18.5 Å².